The molecule has 0 N–H and O–H groups in total. The molecule has 3 aromatic rings. The molecule has 3 rings (SSSR count). The number of hydrogen-bond donors (Lipinski definition) is 0. The van der Waals surface area contributed by atoms with Gasteiger partial charge in [0, 0.05) is 5.56 Å². The van der Waals surface area contributed by atoms with Gasteiger partial charge in [-0.2, -0.15) is 4.99 Å². The third-order valence-corrected chi connectivity index (χ3v) is 5.25. The number of nitrogens with zero attached hydrogens (tertiary/aromatic N) is 2. The third-order valence-electron chi connectivity index (χ3n) is 4.20. The number of halogens is 1. The number of rotatable bonds is 7. The van der Waals surface area contributed by atoms with Gasteiger partial charge in [0.15, 0.2) is 4.80 Å². The van der Waals surface area contributed by atoms with E-state index in [9.17, 15) is 14.0 Å². The van der Waals surface area contributed by atoms with Crippen molar-refractivity contribution < 1.29 is 23.5 Å². The van der Waals surface area contributed by atoms with Crippen molar-refractivity contribution >= 4 is 33.4 Å². The second-order valence-corrected chi connectivity index (χ2v) is 7.31. The fourth-order valence-corrected chi connectivity index (χ4v) is 3.74. The van der Waals surface area contributed by atoms with Gasteiger partial charge in [0.2, 0.25) is 0 Å². The molecule has 6 nitrogen and oxygen atoms in total. The fourth-order valence-electron chi connectivity index (χ4n) is 2.68. The molecule has 0 atom stereocenters. The van der Waals surface area contributed by atoms with Gasteiger partial charge in [0.1, 0.15) is 18.1 Å². The molecule has 0 spiro atoms. The van der Waals surface area contributed by atoms with Crippen LogP contribution in [-0.4, -0.2) is 30.2 Å². The Morgan fingerprint density at radius 1 is 1.21 bits per heavy atom. The molecule has 0 radical (unpaired) electrons. The van der Waals surface area contributed by atoms with Crippen LogP contribution in [0.4, 0.5) is 4.39 Å². The van der Waals surface area contributed by atoms with Gasteiger partial charge in [0.25, 0.3) is 5.91 Å². The molecular weight excluding hydrogens is 395 g/mol. The highest BCUT2D eigenvalue weighted by Crippen LogP contribution is 2.19. The molecule has 152 valence electrons. The van der Waals surface area contributed by atoms with Crippen molar-refractivity contribution in [1.29, 1.82) is 0 Å². The molecule has 1 aromatic heterocycles. The minimum atomic E-state index is -0.491. The molecule has 0 aliphatic heterocycles. The van der Waals surface area contributed by atoms with Crippen LogP contribution in [0.2, 0.25) is 0 Å². The van der Waals surface area contributed by atoms with Crippen LogP contribution in [0, 0.1) is 5.82 Å². The average molecular weight is 416 g/mol. The highest BCUT2D eigenvalue weighted by Gasteiger charge is 2.13. The number of ether oxygens (including phenoxy) is 2. The van der Waals surface area contributed by atoms with Crippen LogP contribution in [-0.2, 0) is 16.1 Å². The number of fused-ring (bicyclic) bond motifs is 1. The summed E-state index contributed by atoms with van der Waals surface area (Å²) in [6.45, 7) is 2.52. The first-order valence-corrected chi connectivity index (χ1v) is 10.0. The second-order valence-electron chi connectivity index (χ2n) is 6.31. The van der Waals surface area contributed by atoms with Crippen LogP contribution in [0.3, 0.4) is 0 Å². The van der Waals surface area contributed by atoms with Gasteiger partial charge in [-0.05, 0) is 42.8 Å². The van der Waals surface area contributed by atoms with Gasteiger partial charge >= 0.3 is 5.97 Å². The first-order valence-electron chi connectivity index (χ1n) is 9.19. The number of unbranched alkanes of at least 4 members (excludes halogenated alkanes) is 1. The van der Waals surface area contributed by atoms with Crippen LogP contribution >= 0.6 is 11.3 Å². The standard InChI is InChI=1S/C21H21FN2O4S/c1-3-4-10-28-16-7-5-6-14(11-16)20(26)23-21-24(13-19(25)27-2)17-9-8-15(22)12-18(17)29-21/h5-9,11-12H,3-4,10,13H2,1-2H3. The van der Waals surface area contributed by atoms with Crippen LogP contribution in [0.1, 0.15) is 30.1 Å². The maximum atomic E-state index is 13.6. The van der Waals surface area contributed by atoms with Crippen molar-refractivity contribution in [2.24, 2.45) is 4.99 Å². The van der Waals surface area contributed by atoms with Crippen molar-refractivity contribution in [3.8, 4) is 5.75 Å². The number of benzene rings is 2. The van der Waals surface area contributed by atoms with E-state index in [1.165, 1.54) is 19.2 Å². The number of aromatic nitrogens is 1. The van der Waals surface area contributed by atoms with E-state index < -0.39 is 17.7 Å². The van der Waals surface area contributed by atoms with Crippen LogP contribution in [0.25, 0.3) is 10.2 Å². The van der Waals surface area contributed by atoms with E-state index in [1.807, 2.05) is 0 Å². The van der Waals surface area contributed by atoms with Gasteiger partial charge in [0.05, 0.1) is 23.9 Å². The molecule has 0 aliphatic carbocycles. The molecule has 2 aromatic carbocycles. The molecule has 8 heteroatoms. The highest BCUT2D eigenvalue weighted by molar-refractivity contribution is 7.16. The monoisotopic (exact) mass is 416 g/mol. The number of carbonyl (C=O) groups excluding carboxylic acids is 2. The molecule has 0 aliphatic rings. The number of hydrogen-bond acceptors (Lipinski definition) is 5. The largest absolute Gasteiger partial charge is 0.494 e. The summed E-state index contributed by atoms with van der Waals surface area (Å²) in [5.41, 5.74) is 0.970. The Labute approximate surface area is 171 Å². The molecule has 1 amide bonds. The quantitative estimate of drug-likeness (QED) is 0.432. The average Bonchev–Trinajstić information content (AvgIpc) is 3.04. The van der Waals surface area contributed by atoms with E-state index in [-0.39, 0.29) is 6.54 Å². The highest BCUT2D eigenvalue weighted by atomic mass is 32.1. The van der Waals surface area contributed by atoms with E-state index in [2.05, 4.69) is 11.9 Å². The summed E-state index contributed by atoms with van der Waals surface area (Å²) in [6, 6.07) is 11.0. The first-order chi connectivity index (χ1) is 14.0. The zero-order valence-electron chi connectivity index (χ0n) is 16.2. The summed E-state index contributed by atoms with van der Waals surface area (Å²) >= 11 is 1.13. The number of thiazole rings is 1. The van der Waals surface area contributed by atoms with Gasteiger partial charge < -0.3 is 14.0 Å². The van der Waals surface area contributed by atoms with E-state index >= 15 is 0 Å². The molecule has 0 saturated carbocycles. The maximum absolute atomic E-state index is 13.6. The zero-order valence-corrected chi connectivity index (χ0v) is 17.0. The summed E-state index contributed by atoms with van der Waals surface area (Å²) in [4.78, 5) is 29.0. The molecular formula is C21H21FN2O4S. The summed E-state index contributed by atoms with van der Waals surface area (Å²) in [5, 5.41) is 0. The summed E-state index contributed by atoms with van der Waals surface area (Å²) in [6.07, 6.45) is 1.94. The lowest BCUT2D eigenvalue weighted by molar-refractivity contribution is -0.141. The number of esters is 1. The van der Waals surface area contributed by atoms with E-state index in [1.54, 1.807) is 34.9 Å². The van der Waals surface area contributed by atoms with Gasteiger partial charge in [-0.3, -0.25) is 9.59 Å². The Bertz CT molecular complexity index is 1100. The van der Waals surface area contributed by atoms with Crippen molar-refractivity contribution in [3.63, 3.8) is 0 Å². The Kier molecular flexibility index (Phi) is 6.77. The van der Waals surface area contributed by atoms with Gasteiger partial charge in [-0.25, -0.2) is 4.39 Å². The summed E-state index contributed by atoms with van der Waals surface area (Å²) in [7, 11) is 1.28. The molecule has 0 unspecified atom stereocenters. The normalized spacial score (nSPS) is 11.6. The lowest BCUT2D eigenvalue weighted by Gasteiger charge is -2.06. The minimum Gasteiger partial charge on any atom is -0.494 e. The third kappa shape index (κ3) is 5.08. The van der Waals surface area contributed by atoms with E-state index in [0.717, 1.165) is 24.2 Å². The van der Waals surface area contributed by atoms with E-state index in [0.29, 0.717) is 32.9 Å². The van der Waals surface area contributed by atoms with Crippen molar-refractivity contribution in [2.75, 3.05) is 13.7 Å². The topological polar surface area (TPSA) is 69.9 Å². The lowest BCUT2D eigenvalue weighted by atomic mass is 10.2. The van der Waals surface area contributed by atoms with E-state index in [4.69, 9.17) is 9.47 Å². The zero-order chi connectivity index (χ0) is 20.8. The van der Waals surface area contributed by atoms with Crippen LogP contribution in [0.15, 0.2) is 47.5 Å². The molecule has 29 heavy (non-hydrogen) atoms. The summed E-state index contributed by atoms with van der Waals surface area (Å²) in [5.74, 6) is -0.773. The lowest BCUT2D eigenvalue weighted by Crippen LogP contribution is -2.22. The number of amides is 1. The molecule has 0 saturated heterocycles. The SMILES string of the molecule is CCCCOc1cccc(C(=O)N=c2sc3cc(F)ccc3n2CC(=O)OC)c1. The van der Waals surface area contributed by atoms with Crippen molar-refractivity contribution in [3.05, 3.63) is 58.6 Å². The van der Waals surface area contributed by atoms with Gasteiger partial charge in [-0.1, -0.05) is 30.7 Å². The van der Waals surface area contributed by atoms with Crippen LogP contribution < -0.4 is 9.54 Å². The fraction of sp³-hybridized carbons (Fsp3) is 0.286. The first kappa shape index (κ1) is 20.7. The maximum Gasteiger partial charge on any atom is 0.325 e. The molecule has 0 fully saturated rings. The molecule has 1 heterocycles. The smallest absolute Gasteiger partial charge is 0.325 e. The number of carbonyl (C=O) groups is 2. The Morgan fingerprint density at radius 3 is 2.79 bits per heavy atom. The second kappa shape index (κ2) is 9.47. The predicted octanol–water partition coefficient (Wildman–Crippen LogP) is 3.93. The Morgan fingerprint density at radius 2 is 2.03 bits per heavy atom. The molecule has 0 bridgehead atoms. The summed E-state index contributed by atoms with van der Waals surface area (Å²) < 4.78 is 26.1. The van der Waals surface area contributed by atoms with Crippen LogP contribution in [0.5, 0.6) is 5.75 Å². The predicted molar refractivity (Wildman–Crippen MR) is 109 cm³/mol. The van der Waals surface area contributed by atoms with Gasteiger partial charge in [-0.15, -0.1) is 0 Å². The van der Waals surface area contributed by atoms with Crippen molar-refractivity contribution in [2.45, 2.75) is 26.3 Å². The van der Waals surface area contributed by atoms with Crippen molar-refractivity contribution in [1.82, 2.24) is 4.57 Å². The number of methoxy groups -OCH3 is 1. The Hall–Kier alpha value is -3.00. The Balaban J connectivity index is 1.98. The minimum absolute atomic E-state index is 0.131.